The molecule has 3 nitrogen and oxygen atoms in total. The van der Waals surface area contributed by atoms with Crippen molar-refractivity contribution >= 4 is 17.5 Å². The first-order valence-corrected chi connectivity index (χ1v) is 9.08. The van der Waals surface area contributed by atoms with Gasteiger partial charge in [0.1, 0.15) is 5.15 Å². The number of fused-ring (bicyclic) bond motifs is 1. The van der Waals surface area contributed by atoms with Crippen LogP contribution in [0.2, 0.25) is 5.15 Å². The molecule has 130 valence electrons. The largest absolute Gasteiger partial charge is 0.327 e. The number of carbonyl (C=O) groups excluding carboxylic acids is 1. The number of amides is 1. The number of hydrogen-bond acceptors (Lipinski definition) is 2. The normalized spacial score (nSPS) is 16.2. The highest BCUT2D eigenvalue weighted by Gasteiger charge is 2.32. The van der Waals surface area contributed by atoms with Crippen LogP contribution in [0.15, 0.2) is 66.9 Å². The van der Waals surface area contributed by atoms with Crippen LogP contribution in [0.5, 0.6) is 0 Å². The fourth-order valence-corrected chi connectivity index (χ4v) is 3.67. The van der Waals surface area contributed by atoms with E-state index in [1.54, 1.807) is 18.3 Å². The Bertz CT molecular complexity index is 935. The van der Waals surface area contributed by atoms with Gasteiger partial charge in [-0.15, -0.1) is 0 Å². The van der Waals surface area contributed by atoms with Crippen molar-refractivity contribution in [3.05, 3.63) is 99.8 Å². The van der Waals surface area contributed by atoms with Crippen molar-refractivity contribution in [3.8, 4) is 0 Å². The molecule has 1 atom stereocenters. The van der Waals surface area contributed by atoms with Crippen molar-refractivity contribution < 1.29 is 4.79 Å². The van der Waals surface area contributed by atoms with Crippen molar-refractivity contribution in [1.82, 2.24) is 9.88 Å². The summed E-state index contributed by atoms with van der Waals surface area (Å²) >= 11 is 5.87. The van der Waals surface area contributed by atoms with E-state index in [9.17, 15) is 4.79 Å². The van der Waals surface area contributed by atoms with Gasteiger partial charge in [-0.1, -0.05) is 65.7 Å². The molecule has 0 radical (unpaired) electrons. The monoisotopic (exact) mass is 362 g/mol. The van der Waals surface area contributed by atoms with Crippen LogP contribution < -0.4 is 0 Å². The third-order valence-corrected chi connectivity index (χ3v) is 5.14. The Hall–Kier alpha value is -2.65. The predicted molar refractivity (Wildman–Crippen MR) is 103 cm³/mol. The lowest BCUT2D eigenvalue weighted by Gasteiger charge is -2.38. The number of aromatic nitrogens is 1. The van der Waals surface area contributed by atoms with E-state index in [4.69, 9.17) is 11.6 Å². The molecule has 0 aliphatic carbocycles. The van der Waals surface area contributed by atoms with Crippen molar-refractivity contribution in [1.29, 1.82) is 0 Å². The number of benzene rings is 2. The van der Waals surface area contributed by atoms with Crippen LogP contribution in [-0.4, -0.2) is 22.3 Å². The second kappa shape index (κ2) is 6.93. The van der Waals surface area contributed by atoms with Crippen LogP contribution in [0.1, 0.15) is 38.7 Å². The lowest BCUT2D eigenvalue weighted by molar-refractivity contribution is 0.0694. The zero-order chi connectivity index (χ0) is 18.1. The lowest BCUT2D eigenvalue weighted by atomic mass is 9.87. The highest BCUT2D eigenvalue weighted by molar-refractivity contribution is 6.29. The van der Waals surface area contributed by atoms with Gasteiger partial charge in [0.15, 0.2) is 0 Å². The average molecular weight is 363 g/mol. The minimum atomic E-state index is -0.0938. The summed E-state index contributed by atoms with van der Waals surface area (Å²) < 4.78 is 0. The molecule has 1 aromatic heterocycles. The van der Waals surface area contributed by atoms with Crippen molar-refractivity contribution in [2.75, 3.05) is 6.54 Å². The number of halogens is 1. The number of rotatable bonds is 2. The summed E-state index contributed by atoms with van der Waals surface area (Å²) in [5.41, 5.74) is 5.38. The van der Waals surface area contributed by atoms with E-state index < -0.39 is 0 Å². The Labute approximate surface area is 158 Å². The zero-order valence-corrected chi connectivity index (χ0v) is 15.3. The van der Waals surface area contributed by atoms with E-state index in [1.807, 2.05) is 11.0 Å². The molecule has 4 rings (SSSR count). The van der Waals surface area contributed by atoms with Gasteiger partial charge in [-0.2, -0.15) is 0 Å². The van der Waals surface area contributed by atoms with Gasteiger partial charge in [0.25, 0.3) is 5.91 Å². The van der Waals surface area contributed by atoms with Gasteiger partial charge in [0, 0.05) is 12.7 Å². The van der Waals surface area contributed by atoms with Gasteiger partial charge in [-0.05, 0) is 42.2 Å². The molecule has 0 fully saturated rings. The molecule has 1 aliphatic rings. The Balaban J connectivity index is 1.78. The van der Waals surface area contributed by atoms with Gasteiger partial charge in [-0.3, -0.25) is 4.79 Å². The Morgan fingerprint density at radius 3 is 2.58 bits per heavy atom. The lowest BCUT2D eigenvalue weighted by Crippen LogP contribution is -2.40. The quantitative estimate of drug-likeness (QED) is 0.612. The van der Waals surface area contributed by atoms with Crippen molar-refractivity contribution in [2.45, 2.75) is 19.4 Å². The molecule has 0 saturated carbocycles. The molecule has 1 amide bonds. The minimum absolute atomic E-state index is 0.0192. The molecular weight excluding hydrogens is 344 g/mol. The van der Waals surface area contributed by atoms with Crippen LogP contribution in [0, 0.1) is 6.92 Å². The van der Waals surface area contributed by atoms with E-state index in [-0.39, 0.29) is 11.9 Å². The number of carbonyl (C=O) groups is 1. The van der Waals surface area contributed by atoms with Crippen LogP contribution >= 0.6 is 11.6 Å². The first-order chi connectivity index (χ1) is 12.6. The van der Waals surface area contributed by atoms with E-state index in [1.165, 1.54) is 16.7 Å². The van der Waals surface area contributed by atoms with E-state index in [0.29, 0.717) is 17.3 Å². The van der Waals surface area contributed by atoms with Gasteiger partial charge in [0.2, 0.25) is 0 Å². The number of hydrogen-bond donors (Lipinski definition) is 0. The SMILES string of the molecule is Cc1ccc([C@@H]2c3ccccc3CCN2C(=O)c2ccc(Cl)nc2)cc1. The first-order valence-electron chi connectivity index (χ1n) is 8.70. The molecular formula is C22H19ClN2O. The third-order valence-electron chi connectivity index (χ3n) is 4.91. The topological polar surface area (TPSA) is 33.2 Å². The Morgan fingerprint density at radius 2 is 1.85 bits per heavy atom. The third kappa shape index (κ3) is 3.11. The standard InChI is InChI=1S/C22H19ClN2O/c1-15-6-8-17(9-7-15)21-19-5-3-2-4-16(19)12-13-25(21)22(26)18-10-11-20(23)24-14-18/h2-11,14,21H,12-13H2,1H3/t21-/m1/s1. The van der Waals surface area contributed by atoms with Crippen LogP contribution in [0.3, 0.4) is 0 Å². The number of pyridine rings is 1. The minimum Gasteiger partial charge on any atom is -0.327 e. The maximum absolute atomic E-state index is 13.2. The van der Waals surface area contributed by atoms with Crippen LogP contribution in [0.25, 0.3) is 0 Å². The first kappa shape index (κ1) is 16.8. The summed E-state index contributed by atoms with van der Waals surface area (Å²) in [7, 11) is 0. The smallest absolute Gasteiger partial charge is 0.256 e. The molecule has 1 aliphatic heterocycles. The summed E-state index contributed by atoms with van der Waals surface area (Å²) in [6.45, 7) is 2.75. The van der Waals surface area contributed by atoms with E-state index >= 15 is 0 Å². The summed E-state index contributed by atoms with van der Waals surface area (Å²) in [4.78, 5) is 19.2. The summed E-state index contributed by atoms with van der Waals surface area (Å²) in [5, 5.41) is 0.389. The molecule has 0 spiro atoms. The van der Waals surface area contributed by atoms with Gasteiger partial charge < -0.3 is 4.90 Å². The molecule has 2 heterocycles. The number of nitrogens with zero attached hydrogens (tertiary/aromatic N) is 2. The predicted octanol–water partition coefficient (Wildman–Crippen LogP) is 4.83. The fraction of sp³-hybridized carbons (Fsp3) is 0.182. The van der Waals surface area contributed by atoms with Gasteiger partial charge >= 0.3 is 0 Å². The molecule has 4 heteroatoms. The summed E-state index contributed by atoms with van der Waals surface area (Å²) in [6, 6.07) is 20.1. The second-order valence-corrected chi connectivity index (χ2v) is 7.02. The molecule has 0 unspecified atom stereocenters. The van der Waals surface area contributed by atoms with Gasteiger partial charge in [0.05, 0.1) is 11.6 Å². The highest BCUT2D eigenvalue weighted by atomic mass is 35.5. The molecule has 0 saturated heterocycles. The fourth-order valence-electron chi connectivity index (χ4n) is 3.56. The maximum Gasteiger partial charge on any atom is 0.256 e. The highest BCUT2D eigenvalue weighted by Crippen LogP contribution is 2.36. The molecule has 26 heavy (non-hydrogen) atoms. The maximum atomic E-state index is 13.2. The Kier molecular flexibility index (Phi) is 4.48. The second-order valence-electron chi connectivity index (χ2n) is 6.63. The average Bonchev–Trinajstić information content (AvgIpc) is 2.68. The zero-order valence-electron chi connectivity index (χ0n) is 14.5. The van der Waals surface area contributed by atoms with Crippen molar-refractivity contribution in [3.63, 3.8) is 0 Å². The van der Waals surface area contributed by atoms with Crippen LogP contribution in [-0.2, 0) is 6.42 Å². The van der Waals surface area contributed by atoms with Crippen LogP contribution in [0.4, 0.5) is 0 Å². The Morgan fingerprint density at radius 1 is 1.08 bits per heavy atom. The summed E-state index contributed by atoms with van der Waals surface area (Å²) in [6.07, 6.45) is 2.41. The van der Waals surface area contributed by atoms with Crippen molar-refractivity contribution in [2.24, 2.45) is 0 Å². The molecule has 0 N–H and O–H groups in total. The van der Waals surface area contributed by atoms with E-state index in [0.717, 1.165) is 12.0 Å². The molecule has 3 aromatic rings. The number of aryl methyl sites for hydroxylation is 1. The summed E-state index contributed by atoms with van der Waals surface area (Å²) in [5.74, 6) is -0.0192. The molecule has 0 bridgehead atoms. The molecule has 2 aromatic carbocycles. The van der Waals surface area contributed by atoms with Gasteiger partial charge in [-0.25, -0.2) is 4.98 Å². The van der Waals surface area contributed by atoms with E-state index in [2.05, 4.69) is 54.4 Å².